The second-order valence-corrected chi connectivity index (χ2v) is 6.21. The first-order valence-corrected chi connectivity index (χ1v) is 7.47. The topological polar surface area (TPSA) is 34.1 Å². The van der Waals surface area contributed by atoms with Crippen LogP contribution in [0.1, 0.15) is 37.1 Å². The molecule has 2 aliphatic rings. The van der Waals surface area contributed by atoms with Gasteiger partial charge in [-0.15, -0.1) is 0 Å². The van der Waals surface area contributed by atoms with Gasteiger partial charge in [0.1, 0.15) is 5.75 Å². The summed E-state index contributed by atoms with van der Waals surface area (Å²) >= 11 is 0. The number of nitrogens with zero attached hydrogens (tertiary/aromatic N) is 1. The summed E-state index contributed by atoms with van der Waals surface area (Å²) in [5, 5.41) is 3.59. The van der Waals surface area contributed by atoms with E-state index in [1.54, 1.807) is 7.11 Å². The van der Waals surface area contributed by atoms with Crippen molar-refractivity contribution in [1.29, 1.82) is 0 Å². The maximum atomic E-state index is 5.29. The number of pyridine rings is 1. The van der Waals surface area contributed by atoms with Crippen molar-refractivity contribution < 1.29 is 4.74 Å². The summed E-state index contributed by atoms with van der Waals surface area (Å²) in [6, 6.07) is 4.00. The van der Waals surface area contributed by atoms with Gasteiger partial charge in [0, 0.05) is 24.4 Å². The maximum Gasteiger partial charge on any atom is 0.122 e. The van der Waals surface area contributed by atoms with Gasteiger partial charge in [-0.3, -0.25) is 4.98 Å². The quantitative estimate of drug-likeness (QED) is 0.884. The molecule has 2 fully saturated rings. The molecule has 3 nitrogen and oxygen atoms in total. The van der Waals surface area contributed by atoms with Crippen LogP contribution < -0.4 is 10.1 Å². The third kappa shape index (κ3) is 2.92. The van der Waals surface area contributed by atoms with Crippen molar-refractivity contribution >= 4 is 0 Å². The molecular formula is C16H24N2O. The predicted molar refractivity (Wildman–Crippen MR) is 76.2 cm³/mol. The Morgan fingerprint density at radius 1 is 1.32 bits per heavy atom. The molecule has 104 valence electrons. The van der Waals surface area contributed by atoms with Gasteiger partial charge in [0.2, 0.25) is 0 Å². The highest BCUT2D eigenvalue weighted by molar-refractivity contribution is 5.26. The fourth-order valence-corrected chi connectivity index (χ4v) is 3.92. The number of nitrogens with one attached hydrogen (secondary N) is 1. The van der Waals surface area contributed by atoms with Gasteiger partial charge < -0.3 is 10.1 Å². The molecule has 3 unspecified atom stereocenters. The molecule has 0 aliphatic heterocycles. The Morgan fingerprint density at radius 2 is 2.21 bits per heavy atom. The van der Waals surface area contributed by atoms with E-state index in [1.165, 1.54) is 25.7 Å². The fraction of sp³-hybridized carbons (Fsp3) is 0.688. The van der Waals surface area contributed by atoms with Crippen LogP contribution in [0.5, 0.6) is 5.75 Å². The maximum absolute atomic E-state index is 5.29. The number of ether oxygens (including phenoxy) is 1. The van der Waals surface area contributed by atoms with E-state index in [-0.39, 0.29) is 0 Å². The van der Waals surface area contributed by atoms with Crippen molar-refractivity contribution in [3.8, 4) is 5.75 Å². The lowest BCUT2D eigenvalue weighted by Gasteiger charge is -2.21. The summed E-state index contributed by atoms with van der Waals surface area (Å²) in [6.45, 7) is 4.02. The van der Waals surface area contributed by atoms with E-state index in [9.17, 15) is 0 Å². The van der Waals surface area contributed by atoms with Crippen LogP contribution >= 0.6 is 0 Å². The Hall–Kier alpha value is -1.09. The van der Waals surface area contributed by atoms with Crippen LogP contribution in [-0.4, -0.2) is 18.6 Å². The van der Waals surface area contributed by atoms with Gasteiger partial charge in [-0.1, -0.05) is 6.42 Å². The normalized spacial score (nSPS) is 28.8. The zero-order chi connectivity index (χ0) is 13.2. The average molecular weight is 260 g/mol. The highest BCUT2D eigenvalue weighted by Crippen LogP contribution is 2.47. The molecule has 0 spiro atoms. The highest BCUT2D eigenvalue weighted by Gasteiger charge is 2.38. The molecule has 3 atom stereocenters. The lowest BCUT2D eigenvalue weighted by atomic mass is 9.89. The number of hydrogen-bond acceptors (Lipinski definition) is 3. The second-order valence-electron chi connectivity index (χ2n) is 6.21. The zero-order valence-electron chi connectivity index (χ0n) is 12.0. The van der Waals surface area contributed by atoms with Crippen molar-refractivity contribution in [2.45, 2.75) is 39.2 Å². The van der Waals surface area contributed by atoms with Gasteiger partial charge in [-0.25, -0.2) is 0 Å². The monoisotopic (exact) mass is 260 g/mol. The van der Waals surface area contributed by atoms with E-state index in [0.29, 0.717) is 0 Å². The Kier molecular flexibility index (Phi) is 3.74. The van der Waals surface area contributed by atoms with Crippen molar-refractivity contribution in [3.05, 3.63) is 23.5 Å². The van der Waals surface area contributed by atoms with E-state index in [1.807, 2.05) is 19.1 Å². The number of rotatable bonds is 5. The Morgan fingerprint density at radius 3 is 2.89 bits per heavy atom. The third-order valence-electron chi connectivity index (χ3n) is 4.81. The Labute approximate surface area is 115 Å². The summed E-state index contributed by atoms with van der Waals surface area (Å²) in [7, 11) is 1.71. The molecule has 1 N–H and O–H groups in total. The van der Waals surface area contributed by atoms with Crippen LogP contribution in [0, 0.1) is 24.7 Å². The van der Waals surface area contributed by atoms with Gasteiger partial charge in [-0.2, -0.15) is 0 Å². The summed E-state index contributed by atoms with van der Waals surface area (Å²) in [5.74, 6) is 3.85. The SMILES string of the molecule is COc1cc(C)nc(CNCC2CC3CCC2C3)c1. The Balaban J connectivity index is 1.51. The molecule has 3 heteroatoms. The van der Waals surface area contributed by atoms with Crippen molar-refractivity contribution in [2.75, 3.05) is 13.7 Å². The standard InChI is InChI=1S/C16H24N2O/c1-11-5-16(19-2)8-15(18-11)10-17-9-14-7-12-3-4-13(14)6-12/h5,8,12-14,17H,3-4,6-7,9-10H2,1-2H3. The molecule has 1 aromatic heterocycles. The van der Waals surface area contributed by atoms with Gasteiger partial charge >= 0.3 is 0 Å². The predicted octanol–water partition coefficient (Wildman–Crippen LogP) is 2.92. The molecule has 0 radical (unpaired) electrons. The molecule has 0 amide bonds. The molecule has 1 aromatic rings. The molecule has 19 heavy (non-hydrogen) atoms. The zero-order valence-corrected chi connectivity index (χ0v) is 12.0. The fourth-order valence-electron chi connectivity index (χ4n) is 3.92. The molecule has 2 aliphatic carbocycles. The largest absolute Gasteiger partial charge is 0.497 e. The number of methoxy groups -OCH3 is 1. The van der Waals surface area contributed by atoms with E-state index in [0.717, 1.165) is 48.0 Å². The molecule has 3 rings (SSSR count). The van der Waals surface area contributed by atoms with Crippen LogP contribution in [0.25, 0.3) is 0 Å². The molecule has 0 aromatic carbocycles. The molecule has 2 saturated carbocycles. The third-order valence-corrected chi connectivity index (χ3v) is 4.81. The van der Waals surface area contributed by atoms with Crippen LogP contribution in [0.15, 0.2) is 12.1 Å². The van der Waals surface area contributed by atoms with E-state index >= 15 is 0 Å². The summed E-state index contributed by atoms with van der Waals surface area (Å²) in [4.78, 5) is 4.55. The second kappa shape index (κ2) is 5.49. The summed E-state index contributed by atoms with van der Waals surface area (Å²) in [6.07, 6.45) is 5.89. The van der Waals surface area contributed by atoms with Gasteiger partial charge in [-0.05, 0) is 50.5 Å². The van der Waals surface area contributed by atoms with Crippen LogP contribution in [-0.2, 0) is 6.54 Å². The van der Waals surface area contributed by atoms with Crippen LogP contribution in [0.3, 0.4) is 0 Å². The minimum Gasteiger partial charge on any atom is -0.497 e. The van der Waals surface area contributed by atoms with E-state index in [2.05, 4.69) is 10.3 Å². The first-order chi connectivity index (χ1) is 9.24. The van der Waals surface area contributed by atoms with Crippen LogP contribution in [0.2, 0.25) is 0 Å². The smallest absolute Gasteiger partial charge is 0.122 e. The first kappa shape index (κ1) is 12.9. The molecule has 1 heterocycles. The lowest BCUT2D eigenvalue weighted by Crippen LogP contribution is -2.26. The van der Waals surface area contributed by atoms with Crippen molar-refractivity contribution in [3.63, 3.8) is 0 Å². The van der Waals surface area contributed by atoms with Crippen molar-refractivity contribution in [1.82, 2.24) is 10.3 Å². The van der Waals surface area contributed by atoms with E-state index in [4.69, 9.17) is 4.74 Å². The highest BCUT2D eigenvalue weighted by atomic mass is 16.5. The number of aryl methyl sites for hydroxylation is 1. The molecular weight excluding hydrogens is 236 g/mol. The van der Waals surface area contributed by atoms with Crippen molar-refractivity contribution in [2.24, 2.45) is 17.8 Å². The Bertz CT molecular complexity index is 446. The van der Waals surface area contributed by atoms with Gasteiger partial charge in [0.15, 0.2) is 0 Å². The molecule has 0 saturated heterocycles. The first-order valence-electron chi connectivity index (χ1n) is 7.47. The summed E-state index contributed by atoms with van der Waals surface area (Å²) in [5.41, 5.74) is 2.11. The minimum atomic E-state index is 0.853. The summed E-state index contributed by atoms with van der Waals surface area (Å²) < 4.78 is 5.29. The minimum absolute atomic E-state index is 0.853. The lowest BCUT2D eigenvalue weighted by molar-refractivity contribution is 0.318. The van der Waals surface area contributed by atoms with Gasteiger partial charge in [0.25, 0.3) is 0 Å². The number of aromatic nitrogens is 1. The van der Waals surface area contributed by atoms with Gasteiger partial charge in [0.05, 0.1) is 12.8 Å². The molecule has 2 bridgehead atoms. The van der Waals surface area contributed by atoms with Crippen LogP contribution in [0.4, 0.5) is 0 Å². The number of fused-ring (bicyclic) bond motifs is 2. The van der Waals surface area contributed by atoms with E-state index < -0.39 is 0 Å². The average Bonchev–Trinajstić information content (AvgIpc) is 3.00. The number of hydrogen-bond donors (Lipinski definition) is 1.